The van der Waals surface area contributed by atoms with Gasteiger partial charge in [-0.25, -0.2) is 4.21 Å². The molecule has 3 N–H and O–H groups in total. The van der Waals surface area contributed by atoms with E-state index in [1.807, 2.05) is 0 Å². The summed E-state index contributed by atoms with van der Waals surface area (Å²) in [4.78, 5) is 11.1. The summed E-state index contributed by atoms with van der Waals surface area (Å²) in [6.07, 6.45) is 2.96. The number of hydrogen-bond donors (Lipinski definition) is 2. The molecule has 0 aliphatic carbocycles. The van der Waals surface area contributed by atoms with Gasteiger partial charge >= 0.3 is 0 Å². The Morgan fingerprint density at radius 1 is 1.75 bits per heavy atom. The molecule has 0 aliphatic heterocycles. The van der Waals surface area contributed by atoms with E-state index in [9.17, 15) is 9.00 Å². The summed E-state index contributed by atoms with van der Waals surface area (Å²) < 4.78 is 12.8. The predicted molar refractivity (Wildman–Crippen MR) is 49.5 cm³/mol. The second-order valence-electron chi connectivity index (χ2n) is 2.54. The van der Waals surface area contributed by atoms with E-state index in [4.69, 9.17) is 5.73 Å². The molecule has 0 aliphatic rings. The van der Waals surface area contributed by atoms with Gasteiger partial charge < -0.3 is 5.73 Å². The van der Waals surface area contributed by atoms with Crippen molar-refractivity contribution < 1.29 is 9.00 Å². The Hall–Kier alpha value is -0.680. The van der Waals surface area contributed by atoms with Crippen molar-refractivity contribution in [3.05, 3.63) is 12.7 Å². The number of nitrogens with one attached hydrogen (secondary N) is 1. The molecule has 0 saturated heterocycles. The summed E-state index contributed by atoms with van der Waals surface area (Å²) in [7, 11) is -1.35. The highest BCUT2D eigenvalue weighted by atomic mass is 32.2. The van der Waals surface area contributed by atoms with Crippen molar-refractivity contribution in [3.63, 3.8) is 0 Å². The van der Waals surface area contributed by atoms with Gasteiger partial charge in [0, 0.05) is 6.26 Å². The molecule has 0 heterocycles. The van der Waals surface area contributed by atoms with Crippen LogP contribution in [0.4, 0.5) is 0 Å². The first kappa shape index (κ1) is 11.3. The van der Waals surface area contributed by atoms with E-state index in [1.165, 1.54) is 6.26 Å². The van der Waals surface area contributed by atoms with Crippen molar-refractivity contribution in [2.24, 2.45) is 11.7 Å². The molecule has 0 radical (unpaired) electrons. The third-order valence-corrected chi connectivity index (χ3v) is 1.97. The molecule has 0 aromatic rings. The van der Waals surface area contributed by atoms with Crippen molar-refractivity contribution in [3.8, 4) is 0 Å². The van der Waals surface area contributed by atoms with Crippen LogP contribution < -0.4 is 10.5 Å². The third kappa shape index (κ3) is 3.64. The van der Waals surface area contributed by atoms with Crippen LogP contribution in [0.3, 0.4) is 0 Å². The Kier molecular flexibility index (Phi) is 4.77. The van der Waals surface area contributed by atoms with Gasteiger partial charge in [-0.15, -0.1) is 6.58 Å². The lowest BCUT2D eigenvalue weighted by atomic mass is 10.0. The van der Waals surface area contributed by atoms with Gasteiger partial charge in [-0.3, -0.25) is 9.52 Å². The molecule has 70 valence electrons. The Labute approximate surface area is 74.8 Å². The lowest BCUT2D eigenvalue weighted by molar-refractivity contribution is -0.121. The van der Waals surface area contributed by atoms with Gasteiger partial charge in [0.25, 0.3) is 0 Å². The molecule has 0 fully saturated rings. The van der Waals surface area contributed by atoms with Crippen LogP contribution in [0, 0.1) is 5.92 Å². The van der Waals surface area contributed by atoms with Gasteiger partial charge in [0.05, 0.1) is 6.04 Å². The molecule has 0 aromatic heterocycles. The highest BCUT2D eigenvalue weighted by Crippen LogP contribution is 2.00. The van der Waals surface area contributed by atoms with Gasteiger partial charge in [-0.05, 0) is 5.92 Å². The minimum absolute atomic E-state index is 0.117. The second kappa shape index (κ2) is 5.05. The van der Waals surface area contributed by atoms with Crippen LogP contribution in [0.5, 0.6) is 0 Å². The van der Waals surface area contributed by atoms with Gasteiger partial charge in [0.1, 0.15) is 11.0 Å². The van der Waals surface area contributed by atoms with Crippen molar-refractivity contribution in [1.29, 1.82) is 0 Å². The number of carbonyl (C=O) groups excluding carboxylic acids is 1. The average Bonchev–Trinajstić information content (AvgIpc) is 2.00. The normalized spacial score (nSPS) is 17.6. The largest absolute Gasteiger partial charge is 0.319 e. The Morgan fingerprint density at radius 3 is 2.58 bits per heavy atom. The van der Waals surface area contributed by atoms with Crippen molar-refractivity contribution in [2.75, 3.05) is 6.26 Å². The fourth-order valence-corrected chi connectivity index (χ4v) is 1.01. The fourth-order valence-electron chi connectivity index (χ4n) is 0.595. The van der Waals surface area contributed by atoms with Crippen LogP contribution in [0.1, 0.15) is 6.92 Å². The van der Waals surface area contributed by atoms with Gasteiger partial charge in [0.2, 0.25) is 5.91 Å². The van der Waals surface area contributed by atoms with Crippen LogP contribution >= 0.6 is 0 Å². The van der Waals surface area contributed by atoms with E-state index in [0.29, 0.717) is 0 Å². The van der Waals surface area contributed by atoms with E-state index >= 15 is 0 Å². The standard InChI is InChI=1S/C7H14N2O2S/c1-4-5(2)6(8)7(10)9-12(3)11/h4-6H,1,8H2,2-3H3,(H,9,10). The molecule has 5 heteroatoms. The molecule has 0 aromatic carbocycles. The summed E-state index contributed by atoms with van der Waals surface area (Å²) >= 11 is 0. The smallest absolute Gasteiger partial charge is 0.249 e. The van der Waals surface area contributed by atoms with E-state index in [-0.39, 0.29) is 5.92 Å². The molecule has 0 bridgehead atoms. The molecular formula is C7H14N2O2S. The van der Waals surface area contributed by atoms with Gasteiger partial charge in [0.15, 0.2) is 0 Å². The van der Waals surface area contributed by atoms with E-state index < -0.39 is 22.9 Å². The van der Waals surface area contributed by atoms with E-state index in [1.54, 1.807) is 13.0 Å². The Morgan fingerprint density at radius 2 is 2.25 bits per heavy atom. The zero-order chi connectivity index (χ0) is 9.72. The number of carbonyl (C=O) groups is 1. The summed E-state index contributed by atoms with van der Waals surface area (Å²) in [6, 6.07) is -0.675. The summed E-state index contributed by atoms with van der Waals surface area (Å²) in [5, 5.41) is 0. The highest BCUT2D eigenvalue weighted by molar-refractivity contribution is 7.82. The van der Waals surface area contributed by atoms with Crippen LogP contribution in [0.25, 0.3) is 0 Å². The first-order chi connectivity index (χ1) is 5.49. The minimum Gasteiger partial charge on any atom is -0.319 e. The first-order valence-electron chi connectivity index (χ1n) is 3.51. The summed E-state index contributed by atoms with van der Waals surface area (Å²) in [5.74, 6) is -0.531. The minimum atomic E-state index is -1.35. The van der Waals surface area contributed by atoms with E-state index in [0.717, 1.165) is 0 Å². The number of nitrogens with two attached hydrogens (primary N) is 1. The molecule has 0 saturated carbocycles. The second-order valence-corrected chi connectivity index (χ2v) is 3.65. The molecule has 1 amide bonds. The van der Waals surface area contributed by atoms with Crippen LogP contribution in [0.2, 0.25) is 0 Å². The average molecular weight is 190 g/mol. The number of amides is 1. The molecule has 3 unspecified atom stereocenters. The lowest BCUT2D eigenvalue weighted by Crippen LogP contribution is -2.44. The van der Waals surface area contributed by atoms with E-state index in [2.05, 4.69) is 11.3 Å². The highest BCUT2D eigenvalue weighted by Gasteiger charge is 2.18. The van der Waals surface area contributed by atoms with Crippen molar-refractivity contribution in [1.82, 2.24) is 4.72 Å². The fraction of sp³-hybridized carbons (Fsp3) is 0.571. The van der Waals surface area contributed by atoms with Crippen LogP contribution in [-0.2, 0) is 15.8 Å². The summed E-state index contributed by atoms with van der Waals surface area (Å²) in [5.41, 5.74) is 5.50. The lowest BCUT2D eigenvalue weighted by Gasteiger charge is -2.14. The van der Waals surface area contributed by atoms with Gasteiger partial charge in [-0.1, -0.05) is 13.0 Å². The molecule has 12 heavy (non-hydrogen) atoms. The van der Waals surface area contributed by atoms with Crippen molar-refractivity contribution in [2.45, 2.75) is 13.0 Å². The maximum atomic E-state index is 11.1. The summed E-state index contributed by atoms with van der Waals surface area (Å²) in [6.45, 7) is 5.28. The van der Waals surface area contributed by atoms with Crippen molar-refractivity contribution >= 4 is 16.9 Å². The quantitative estimate of drug-likeness (QED) is 0.589. The zero-order valence-corrected chi connectivity index (χ0v) is 8.06. The molecule has 4 nitrogen and oxygen atoms in total. The third-order valence-electron chi connectivity index (χ3n) is 1.49. The molecular weight excluding hydrogens is 176 g/mol. The maximum absolute atomic E-state index is 11.1. The van der Waals surface area contributed by atoms with Gasteiger partial charge in [-0.2, -0.15) is 0 Å². The number of hydrogen-bond acceptors (Lipinski definition) is 3. The molecule has 3 atom stereocenters. The Bertz CT molecular complexity index is 206. The SMILES string of the molecule is C=CC(C)C(N)C(=O)NS(C)=O. The number of rotatable bonds is 4. The van der Waals surface area contributed by atoms with Crippen LogP contribution in [0.15, 0.2) is 12.7 Å². The first-order valence-corrected chi connectivity index (χ1v) is 5.07. The zero-order valence-electron chi connectivity index (χ0n) is 7.24. The maximum Gasteiger partial charge on any atom is 0.249 e. The Balaban J connectivity index is 4.09. The molecule has 0 rings (SSSR count). The monoisotopic (exact) mass is 190 g/mol. The predicted octanol–water partition coefficient (Wildman–Crippen LogP) is -0.454. The molecule has 0 spiro atoms. The topological polar surface area (TPSA) is 72.2 Å². The van der Waals surface area contributed by atoms with Crippen LogP contribution in [-0.4, -0.2) is 22.4 Å².